The van der Waals surface area contributed by atoms with Gasteiger partial charge in [-0.25, -0.2) is 4.98 Å². The summed E-state index contributed by atoms with van der Waals surface area (Å²) < 4.78 is 12.7. The predicted molar refractivity (Wildman–Crippen MR) is 43.5 cm³/mol. The van der Waals surface area contributed by atoms with Gasteiger partial charge in [-0.05, 0) is 12.1 Å². The maximum absolute atomic E-state index is 12.7. The number of halogens is 2. The summed E-state index contributed by atoms with van der Waals surface area (Å²) in [5.41, 5.74) is 0. The van der Waals surface area contributed by atoms with E-state index in [-0.39, 0.29) is 5.02 Å². The molecule has 0 atom stereocenters. The van der Waals surface area contributed by atoms with Crippen LogP contribution >= 0.6 is 11.6 Å². The van der Waals surface area contributed by atoms with E-state index < -0.39 is 5.95 Å². The molecule has 1 aromatic heterocycles. The Kier molecular flexibility index (Phi) is 2.29. The first kappa shape index (κ1) is 8.27. The summed E-state index contributed by atoms with van der Waals surface area (Å²) in [5, 5.41) is 0.0515. The van der Waals surface area contributed by atoms with E-state index in [0.717, 1.165) is 0 Å². The smallest absolute Gasteiger partial charge is 0.233 e. The summed E-state index contributed by atoms with van der Waals surface area (Å²) in [5.74, 6) is -0.0650. The van der Waals surface area contributed by atoms with Crippen molar-refractivity contribution in [3.05, 3.63) is 23.1 Å². The van der Waals surface area contributed by atoms with Crippen molar-refractivity contribution in [2.45, 2.75) is 0 Å². The second-order valence-electron chi connectivity index (χ2n) is 2.34. The van der Waals surface area contributed by atoms with E-state index in [2.05, 4.69) is 4.98 Å². The fourth-order valence-corrected chi connectivity index (χ4v) is 0.762. The highest BCUT2D eigenvalue weighted by molar-refractivity contribution is 6.30. The Morgan fingerprint density at radius 2 is 2.09 bits per heavy atom. The zero-order valence-electron chi connectivity index (χ0n) is 6.31. The van der Waals surface area contributed by atoms with Gasteiger partial charge < -0.3 is 4.90 Å². The SMILES string of the molecule is CN(C)c1ccc(Cl)c(F)n1. The van der Waals surface area contributed by atoms with E-state index in [1.165, 1.54) is 6.07 Å². The molecule has 0 unspecified atom stereocenters. The van der Waals surface area contributed by atoms with Gasteiger partial charge in [0.2, 0.25) is 5.95 Å². The van der Waals surface area contributed by atoms with Crippen LogP contribution < -0.4 is 4.90 Å². The molecule has 0 spiro atoms. The molecule has 0 bridgehead atoms. The summed E-state index contributed by atoms with van der Waals surface area (Å²) in [6.07, 6.45) is 0. The first-order chi connectivity index (χ1) is 5.11. The summed E-state index contributed by atoms with van der Waals surface area (Å²) >= 11 is 5.43. The average Bonchev–Trinajstić information content (AvgIpc) is 1.94. The summed E-state index contributed by atoms with van der Waals surface area (Å²) in [6.45, 7) is 0. The first-order valence-corrected chi connectivity index (χ1v) is 3.48. The number of hydrogen-bond donors (Lipinski definition) is 0. The first-order valence-electron chi connectivity index (χ1n) is 3.10. The van der Waals surface area contributed by atoms with Gasteiger partial charge in [0.1, 0.15) is 5.82 Å². The lowest BCUT2D eigenvalue weighted by Gasteiger charge is -2.10. The largest absolute Gasteiger partial charge is 0.363 e. The van der Waals surface area contributed by atoms with E-state index in [1.54, 1.807) is 25.1 Å². The molecule has 1 aromatic rings. The van der Waals surface area contributed by atoms with Crippen LogP contribution in [0.25, 0.3) is 0 Å². The number of nitrogens with zero attached hydrogens (tertiary/aromatic N) is 2. The Labute approximate surface area is 69.6 Å². The van der Waals surface area contributed by atoms with Crippen LogP contribution in [0.5, 0.6) is 0 Å². The van der Waals surface area contributed by atoms with Gasteiger partial charge in [0.15, 0.2) is 0 Å². The Morgan fingerprint density at radius 1 is 1.45 bits per heavy atom. The molecule has 1 rings (SSSR count). The molecule has 0 saturated heterocycles. The zero-order valence-corrected chi connectivity index (χ0v) is 7.06. The Bertz CT molecular complexity index is 263. The maximum Gasteiger partial charge on any atom is 0.233 e. The molecule has 60 valence electrons. The minimum atomic E-state index is -0.627. The van der Waals surface area contributed by atoms with Crippen LogP contribution in [-0.4, -0.2) is 19.1 Å². The van der Waals surface area contributed by atoms with Crippen LogP contribution in [0.2, 0.25) is 5.02 Å². The van der Waals surface area contributed by atoms with Crippen LogP contribution in [0.1, 0.15) is 0 Å². The van der Waals surface area contributed by atoms with Gasteiger partial charge in [-0.3, -0.25) is 0 Å². The lowest BCUT2D eigenvalue weighted by molar-refractivity contribution is 0.584. The molecular weight excluding hydrogens is 167 g/mol. The maximum atomic E-state index is 12.7. The summed E-state index contributed by atoms with van der Waals surface area (Å²) in [7, 11) is 3.57. The van der Waals surface area contributed by atoms with Crippen LogP contribution in [-0.2, 0) is 0 Å². The molecule has 2 nitrogen and oxygen atoms in total. The molecule has 0 amide bonds. The molecule has 4 heteroatoms. The molecular formula is C7H8ClFN2. The van der Waals surface area contributed by atoms with Crippen LogP contribution in [0.4, 0.5) is 10.2 Å². The molecule has 0 saturated carbocycles. The van der Waals surface area contributed by atoms with Gasteiger partial charge in [0, 0.05) is 14.1 Å². The molecule has 1 heterocycles. The lowest BCUT2D eigenvalue weighted by Crippen LogP contribution is -2.10. The number of aromatic nitrogens is 1. The third-order valence-electron chi connectivity index (χ3n) is 1.25. The Morgan fingerprint density at radius 3 is 2.55 bits per heavy atom. The van der Waals surface area contributed by atoms with Gasteiger partial charge in [0.05, 0.1) is 5.02 Å². The van der Waals surface area contributed by atoms with Gasteiger partial charge in [-0.15, -0.1) is 0 Å². The van der Waals surface area contributed by atoms with Gasteiger partial charge in [-0.1, -0.05) is 11.6 Å². The highest BCUT2D eigenvalue weighted by Crippen LogP contribution is 2.15. The second kappa shape index (κ2) is 3.05. The van der Waals surface area contributed by atoms with Crippen molar-refractivity contribution in [3.63, 3.8) is 0 Å². The van der Waals surface area contributed by atoms with Crippen molar-refractivity contribution < 1.29 is 4.39 Å². The van der Waals surface area contributed by atoms with E-state index in [9.17, 15) is 4.39 Å². The van der Waals surface area contributed by atoms with Gasteiger partial charge >= 0.3 is 0 Å². The van der Waals surface area contributed by atoms with Gasteiger partial charge in [0.25, 0.3) is 0 Å². The topological polar surface area (TPSA) is 16.1 Å². The number of pyridine rings is 1. The molecule has 0 radical (unpaired) electrons. The van der Waals surface area contributed by atoms with Crippen molar-refractivity contribution >= 4 is 17.4 Å². The summed E-state index contributed by atoms with van der Waals surface area (Å²) in [6, 6.07) is 3.14. The molecule has 0 aromatic carbocycles. The monoisotopic (exact) mass is 174 g/mol. The molecule has 0 aliphatic carbocycles. The van der Waals surface area contributed by atoms with Crippen molar-refractivity contribution in [2.75, 3.05) is 19.0 Å². The average molecular weight is 175 g/mol. The molecule has 0 aliphatic rings. The molecule has 0 fully saturated rings. The van der Waals surface area contributed by atoms with Crippen molar-refractivity contribution in [3.8, 4) is 0 Å². The van der Waals surface area contributed by atoms with Crippen molar-refractivity contribution in [1.82, 2.24) is 4.98 Å². The Hall–Kier alpha value is -0.830. The van der Waals surface area contributed by atoms with E-state index >= 15 is 0 Å². The highest BCUT2D eigenvalue weighted by Gasteiger charge is 2.02. The fraction of sp³-hybridized carbons (Fsp3) is 0.286. The fourth-order valence-electron chi connectivity index (χ4n) is 0.657. The zero-order chi connectivity index (χ0) is 8.43. The normalized spacial score (nSPS) is 9.82. The molecule has 11 heavy (non-hydrogen) atoms. The minimum absolute atomic E-state index is 0.0515. The number of anilines is 1. The van der Waals surface area contributed by atoms with Crippen LogP contribution in [0.3, 0.4) is 0 Å². The third-order valence-corrected chi connectivity index (χ3v) is 1.53. The lowest BCUT2D eigenvalue weighted by atomic mass is 10.4. The van der Waals surface area contributed by atoms with Crippen molar-refractivity contribution in [1.29, 1.82) is 0 Å². The Balaban J connectivity index is 3.05. The predicted octanol–water partition coefficient (Wildman–Crippen LogP) is 1.94. The van der Waals surface area contributed by atoms with Crippen LogP contribution in [0.15, 0.2) is 12.1 Å². The van der Waals surface area contributed by atoms with Gasteiger partial charge in [-0.2, -0.15) is 4.39 Å². The van der Waals surface area contributed by atoms with E-state index in [1.807, 2.05) is 0 Å². The molecule has 0 aliphatic heterocycles. The quantitative estimate of drug-likeness (QED) is 0.605. The second-order valence-corrected chi connectivity index (χ2v) is 2.74. The van der Waals surface area contributed by atoms with E-state index in [0.29, 0.717) is 5.82 Å². The third kappa shape index (κ3) is 1.80. The van der Waals surface area contributed by atoms with Crippen molar-refractivity contribution in [2.24, 2.45) is 0 Å². The highest BCUT2D eigenvalue weighted by atomic mass is 35.5. The molecule has 0 N–H and O–H groups in total. The number of hydrogen-bond acceptors (Lipinski definition) is 2. The minimum Gasteiger partial charge on any atom is -0.363 e. The number of rotatable bonds is 1. The standard InChI is InChI=1S/C7H8ClFN2/c1-11(2)6-4-3-5(8)7(9)10-6/h3-4H,1-2H3. The van der Waals surface area contributed by atoms with Crippen LogP contribution in [0, 0.1) is 5.95 Å². The van der Waals surface area contributed by atoms with E-state index in [4.69, 9.17) is 11.6 Å². The summed E-state index contributed by atoms with van der Waals surface area (Å²) in [4.78, 5) is 5.31.